The molecule has 1 unspecified atom stereocenters. The molecule has 17 heavy (non-hydrogen) atoms. The lowest BCUT2D eigenvalue weighted by molar-refractivity contribution is 0.531. The summed E-state index contributed by atoms with van der Waals surface area (Å²) >= 11 is 6.28. The van der Waals surface area contributed by atoms with Crippen molar-refractivity contribution in [3.63, 3.8) is 0 Å². The lowest BCUT2D eigenvalue weighted by Gasteiger charge is -2.10. The third-order valence-electron chi connectivity index (χ3n) is 2.36. The van der Waals surface area contributed by atoms with Gasteiger partial charge in [0.25, 0.3) is 0 Å². The first-order valence-corrected chi connectivity index (χ1v) is 6.53. The molecule has 0 radical (unpaired) electrons. The molecule has 0 bridgehead atoms. The third-order valence-corrected chi connectivity index (χ3v) is 3.99. The standard InChI is InChI=1S/C12H8Br2F2O/c1-6-2-7(5-17-6)12(14)8-3-11(16)9(13)4-10(8)15/h2-5,12H,1H3. The van der Waals surface area contributed by atoms with Gasteiger partial charge >= 0.3 is 0 Å². The van der Waals surface area contributed by atoms with Gasteiger partial charge in [-0.2, -0.15) is 0 Å². The predicted octanol–water partition coefficient (Wildman–Crippen LogP) is 5.11. The Morgan fingerprint density at radius 3 is 2.47 bits per heavy atom. The number of rotatable bonds is 2. The number of hydrogen-bond acceptors (Lipinski definition) is 1. The molecule has 5 heteroatoms. The van der Waals surface area contributed by atoms with Gasteiger partial charge in [0.05, 0.1) is 15.6 Å². The van der Waals surface area contributed by atoms with Crippen LogP contribution in [0.4, 0.5) is 8.78 Å². The van der Waals surface area contributed by atoms with Crippen LogP contribution in [0.3, 0.4) is 0 Å². The van der Waals surface area contributed by atoms with Gasteiger partial charge in [0, 0.05) is 11.1 Å². The molecule has 0 fully saturated rings. The minimum absolute atomic E-state index is 0.113. The molecule has 1 nitrogen and oxygen atoms in total. The molecule has 90 valence electrons. The molecule has 0 aliphatic heterocycles. The second-order valence-corrected chi connectivity index (χ2v) is 5.41. The smallest absolute Gasteiger partial charge is 0.137 e. The zero-order chi connectivity index (χ0) is 12.6. The van der Waals surface area contributed by atoms with Gasteiger partial charge in [-0.05, 0) is 41.1 Å². The summed E-state index contributed by atoms with van der Waals surface area (Å²) in [5.41, 5.74) is 0.995. The van der Waals surface area contributed by atoms with Crippen LogP contribution in [0.15, 0.2) is 33.4 Å². The van der Waals surface area contributed by atoms with Crippen LogP contribution in [0.1, 0.15) is 21.7 Å². The normalized spacial score (nSPS) is 12.8. The highest BCUT2D eigenvalue weighted by atomic mass is 79.9. The van der Waals surface area contributed by atoms with E-state index in [1.807, 2.05) is 0 Å². The molecule has 1 atom stereocenters. The van der Waals surface area contributed by atoms with Crippen molar-refractivity contribution in [2.45, 2.75) is 11.8 Å². The summed E-state index contributed by atoms with van der Waals surface area (Å²) in [4.78, 5) is -0.428. The molecular weight excluding hydrogens is 358 g/mol. The first-order chi connectivity index (χ1) is 7.99. The van der Waals surface area contributed by atoms with E-state index in [1.54, 1.807) is 13.0 Å². The SMILES string of the molecule is Cc1cc(C(Br)c2cc(F)c(Br)cc2F)co1. The van der Waals surface area contributed by atoms with E-state index < -0.39 is 16.5 Å². The Bertz CT molecular complexity index is 551. The quantitative estimate of drug-likeness (QED) is 0.532. The Balaban J connectivity index is 2.43. The molecule has 2 rings (SSSR count). The Labute approximate surface area is 114 Å². The van der Waals surface area contributed by atoms with Gasteiger partial charge < -0.3 is 4.42 Å². The predicted molar refractivity (Wildman–Crippen MR) is 68.3 cm³/mol. The molecule has 1 heterocycles. The van der Waals surface area contributed by atoms with E-state index >= 15 is 0 Å². The summed E-state index contributed by atoms with van der Waals surface area (Å²) in [5, 5.41) is 0. The van der Waals surface area contributed by atoms with Crippen molar-refractivity contribution in [1.82, 2.24) is 0 Å². The van der Waals surface area contributed by atoms with E-state index in [0.717, 1.165) is 17.4 Å². The van der Waals surface area contributed by atoms with Crippen LogP contribution < -0.4 is 0 Å². The van der Waals surface area contributed by atoms with Gasteiger partial charge in [0.15, 0.2) is 0 Å². The van der Waals surface area contributed by atoms with Crippen molar-refractivity contribution in [2.24, 2.45) is 0 Å². The first-order valence-electron chi connectivity index (χ1n) is 4.82. The van der Waals surface area contributed by atoms with Crippen molar-refractivity contribution in [1.29, 1.82) is 0 Å². The monoisotopic (exact) mass is 364 g/mol. The first kappa shape index (κ1) is 12.8. The molecule has 1 aromatic heterocycles. The molecule has 0 N–H and O–H groups in total. The fourth-order valence-electron chi connectivity index (χ4n) is 1.51. The summed E-state index contributed by atoms with van der Waals surface area (Å²) in [6.45, 7) is 1.79. The number of aryl methyl sites for hydroxylation is 1. The van der Waals surface area contributed by atoms with Gasteiger partial charge in [-0.25, -0.2) is 8.78 Å². The summed E-state index contributed by atoms with van der Waals surface area (Å²) in [6, 6.07) is 4.06. The Hall–Kier alpha value is -0.680. The van der Waals surface area contributed by atoms with Crippen LogP contribution >= 0.6 is 31.9 Å². The van der Waals surface area contributed by atoms with Gasteiger partial charge in [-0.1, -0.05) is 15.9 Å². The zero-order valence-corrected chi connectivity index (χ0v) is 12.0. The Kier molecular flexibility index (Phi) is 3.68. The highest BCUT2D eigenvalue weighted by molar-refractivity contribution is 9.10. The minimum atomic E-state index is -0.494. The lowest BCUT2D eigenvalue weighted by atomic mass is 10.1. The third kappa shape index (κ3) is 2.60. The summed E-state index contributed by atoms with van der Waals surface area (Å²) in [6.07, 6.45) is 1.52. The lowest BCUT2D eigenvalue weighted by Crippen LogP contribution is -1.97. The topological polar surface area (TPSA) is 13.1 Å². The largest absolute Gasteiger partial charge is 0.469 e. The molecule has 0 saturated heterocycles. The van der Waals surface area contributed by atoms with E-state index in [2.05, 4.69) is 31.9 Å². The Morgan fingerprint density at radius 2 is 1.88 bits per heavy atom. The Morgan fingerprint density at radius 1 is 1.18 bits per heavy atom. The van der Waals surface area contributed by atoms with E-state index in [1.165, 1.54) is 12.3 Å². The second-order valence-electron chi connectivity index (χ2n) is 3.64. The van der Waals surface area contributed by atoms with Gasteiger partial charge in [0.2, 0.25) is 0 Å². The molecule has 0 saturated carbocycles. The van der Waals surface area contributed by atoms with Crippen LogP contribution in [0.2, 0.25) is 0 Å². The number of hydrogen-bond donors (Lipinski definition) is 0. The van der Waals surface area contributed by atoms with Crippen LogP contribution in [-0.2, 0) is 0 Å². The number of alkyl halides is 1. The second kappa shape index (κ2) is 4.90. The van der Waals surface area contributed by atoms with E-state index in [4.69, 9.17) is 4.42 Å². The fourth-order valence-corrected chi connectivity index (χ4v) is 2.41. The van der Waals surface area contributed by atoms with Gasteiger partial charge in [-0.3, -0.25) is 0 Å². The van der Waals surface area contributed by atoms with Crippen molar-refractivity contribution < 1.29 is 13.2 Å². The van der Waals surface area contributed by atoms with Crippen LogP contribution in [0.5, 0.6) is 0 Å². The summed E-state index contributed by atoms with van der Waals surface area (Å²) in [7, 11) is 0. The molecule has 1 aromatic carbocycles. The molecule has 0 aliphatic rings. The minimum Gasteiger partial charge on any atom is -0.469 e. The number of benzene rings is 1. The number of halogens is 4. The molecule has 0 aliphatic carbocycles. The van der Waals surface area contributed by atoms with Crippen LogP contribution in [-0.4, -0.2) is 0 Å². The highest BCUT2D eigenvalue weighted by Gasteiger charge is 2.18. The summed E-state index contributed by atoms with van der Waals surface area (Å²) in [5.74, 6) is -0.243. The molecule has 0 amide bonds. The average molecular weight is 366 g/mol. The van der Waals surface area contributed by atoms with Gasteiger partial charge in [-0.15, -0.1) is 0 Å². The maximum absolute atomic E-state index is 13.7. The van der Waals surface area contributed by atoms with E-state index in [0.29, 0.717) is 0 Å². The van der Waals surface area contributed by atoms with Crippen LogP contribution in [0, 0.1) is 18.6 Å². The zero-order valence-electron chi connectivity index (χ0n) is 8.81. The maximum Gasteiger partial charge on any atom is 0.137 e. The van der Waals surface area contributed by atoms with Crippen molar-refractivity contribution in [2.75, 3.05) is 0 Å². The number of furan rings is 1. The maximum atomic E-state index is 13.7. The van der Waals surface area contributed by atoms with Crippen molar-refractivity contribution in [3.8, 4) is 0 Å². The van der Waals surface area contributed by atoms with Gasteiger partial charge in [0.1, 0.15) is 17.4 Å². The van der Waals surface area contributed by atoms with Crippen LogP contribution in [0.25, 0.3) is 0 Å². The van der Waals surface area contributed by atoms with E-state index in [9.17, 15) is 8.78 Å². The average Bonchev–Trinajstić information content (AvgIpc) is 2.69. The molecular formula is C12H8Br2F2O. The fraction of sp³-hybridized carbons (Fsp3) is 0.167. The molecule has 0 spiro atoms. The molecule has 2 aromatic rings. The summed E-state index contributed by atoms with van der Waals surface area (Å²) < 4.78 is 32.4. The van der Waals surface area contributed by atoms with Crippen molar-refractivity contribution >= 4 is 31.9 Å². The van der Waals surface area contributed by atoms with E-state index in [-0.39, 0.29) is 10.0 Å². The van der Waals surface area contributed by atoms with Crippen molar-refractivity contribution in [3.05, 3.63) is 57.5 Å². The highest BCUT2D eigenvalue weighted by Crippen LogP contribution is 2.35.